The lowest BCUT2D eigenvalue weighted by atomic mass is 10.2. The Bertz CT molecular complexity index is 332. The Morgan fingerprint density at radius 2 is 2.40 bits per heavy atom. The van der Waals surface area contributed by atoms with Crippen LogP contribution in [0, 0.1) is 6.92 Å². The predicted molar refractivity (Wildman–Crippen MR) is 63.3 cm³/mol. The average molecular weight is 271 g/mol. The van der Waals surface area contributed by atoms with Crippen molar-refractivity contribution in [1.82, 2.24) is 0 Å². The van der Waals surface area contributed by atoms with Crippen molar-refractivity contribution in [2.75, 3.05) is 13.2 Å². The van der Waals surface area contributed by atoms with Gasteiger partial charge in [0.15, 0.2) is 0 Å². The van der Waals surface area contributed by atoms with Gasteiger partial charge >= 0.3 is 0 Å². The molecule has 1 atom stereocenters. The summed E-state index contributed by atoms with van der Waals surface area (Å²) in [5.74, 6) is 0.922. The normalized spacial score (nSPS) is 20.5. The van der Waals surface area contributed by atoms with Crippen LogP contribution in [0.15, 0.2) is 22.7 Å². The second-order valence-electron chi connectivity index (χ2n) is 3.86. The van der Waals surface area contributed by atoms with Crippen molar-refractivity contribution in [3.05, 3.63) is 28.2 Å². The molecule has 3 heteroatoms. The SMILES string of the molecule is Cc1cc(OCC2CCCO2)ccc1Br. The third kappa shape index (κ3) is 2.95. The molecule has 82 valence electrons. The molecule has 2 rings (SSSR count). The monoisotopic (exact) mass is 270 g/mol. The van der Waals surface area contributed by atoms with Gasteiger partial charge in [-0.2, -0.15) is 0 Å². The average Bonchev–Trinajstić information content (AvgIpc) is 2.73. The lowest BCUT2D eigenvalue weighted by molar-refractivity contribution is 0.0679. The van der Waals surface area contributed by atoms with Crippen LogP contribution in [0.4, 0.5) is 0 Å². The number of hydrogen-bond donors (Lipinski definition) is 0. The van der Waals surface area contributed by atoms with Crippen LogP contribution in [0.2, 0.25) is 0 Å². The smallest absolute Gasteiger partial charge is 0.119 e. The Labute approximate surface area is 98.7 Å². The number of hydrogen-bond acceptors (Lipinski definition) is 2. The highest BCUT2D eigenvalue weighted by Gasteiger charge is 2.15. The summed E-state index contributed by atoms with van der Waals surface area (Å²) in [5, 5.41) is 0. The molecule has 0 N–H and O–H groups in total. The van der Waals surface area contributed by atoms with Crippen LogP contribution < -0.4 is 4.74 Å². The fourth-order valence-corrected chi connectivity index (χ4v) is 1.92. The first-order valence-electron chi connectivity index (χ1n) is 5.26. The molecule has 1 aliphatic heterocycles. The molecule has 1 fully saturated rings. The molecule has 1 heterocycles. The summed E-state index contributed by atoms with van der Waals surface area (Å²) in [6.45, 7) is 3.61. The molecule has 0 aliphatic carbocycles. The Morgan fingerprint density at radius 1 is 1.53 bits per heavy atom. The molecule has 15 heavy (non-hydrogen) atoms. The molecule has 0 amide bonds. The number of aryl methyl sites for hydroxylation is 1. The minimum atomic E-state index is 0.286. The molecule has 0 radical (unpaired) electrons. The van der Waals surface area contributed by atoms with Crippen molar-refractivity contribution >= 4 is 15.9 Å². The molecule has 0 spiro atoms. The highest BCUT2D eigenvalue weighted by Crippen LogP contribution is 2.22. The summed E-state index contributed by atoms with van der Waals surface area (Å²) in [4.78, 5) is 0. The summed E-state index contributed by atoms with van der Waals surface area (Å²) < 4.78 is 12.3. The summed E-state index contributed by atoms with van der Waals surface area (Å²) in [6, 6.07) is 6.03. The van der Waals surface area contributed by atoms with E-state index in [0.29, 0.717) is 6.61 Å². The largest absolute Gasteiger partial charge is 0.491 e. The van der Waals surface area contributed by atoms with E-state index < -0.39 is 0 Å². The van der Waals surface area contributed by atoms with Crippen LogP contribution >= 0.6 is 15.9 Å². The van der Waals surface area contributed by atoms with Crippen molar-refractivity contribution in [1.29, 1.82) is 0 Å². The lowest BCUT2D eigenvalue weighted by Crippen LogP contribution is -2.16. The molecule has 0 saturated carbocycles. The zero-order chi connectivity index (χ0) is 10.7. The van der Waals surface area contributed by atoms with E-state index in [1.165, 1.54) is 5.56 Å². The summed E-state index contributed by atoms with van der Waals surface area (Å²) >= 11 is 3.47. The Kier molecular flexibility index (Phi) is 3.65. The number of benzene rings is 1. The fraction of sp³-hybridized carbons (Fsp3) is 0.500. The van der Waals surface area contributed by atoms with E-state index >= 15 is 0 Å². The first-order chi connectivity index (χ1) is 7.25. The van der Waals surface area contributed by atoms with Gasteiger partial charge in [0.05, 0.1) is 6.10 Å². The van der Waals surface area contributed by atoms with Gasteiger partial charge in [-0.25, -0.2) is 0 Å². The van der Waals surface area contributed by atoms with Crippen molar-refractivity contribution in [2.45, 2.75) is 25.9 Å². The second-order valence-corrected chi connectivity index (χ2v) is 4.71. The van der Waals surface area contributed by atoms with Crippen LogP contribution in [0.25, 0.3) is 0 Å². The second kappa shape index (κ2) is 4.99. The molecule has 1 aliphatic rings. The van der Waals surface area contributed by atoms with Gasteiger partial charge in [0.1, 0.15) is 12.4 Å². The predicted octanol–water partition coefficient (Wildman–Crippen LogP) is 3.32. The van der Waals surface area contributed by atoms with Gasteiger partial charge < -0.3 is 9.47 Å². The maximum atomic E-state index is 5.68. The maximum absolute atomic E-state index is 5.68. The van der Waals surface area contributed by atoms with E-state index in [9.17, 15) is 0 Å². The van der Waals surface area contributed by atoms with Gasteiger partial charge in [-0.1, -0.05) is 15.9 Å². The number of rotatable bonds is 3. The Morgan fingerprint density at radius 3 is 3.07 bits per heavy atom. The van der Waals surface area contributed by atoms with Crippen molar-refractivity contribution in [2.24, 2.45) is 0 Å². The van der Waals surface area contributed by atoms with Crippen LogP contribution in [0.5, 0.6) is 5.75 Å². The number of halogens is 1. The topological polar surface area (TPSA) is 18.5 Å². The van der Waals surface area contributed by atoms with Gasteiger partial charge in [-0.05, 0) is 43.5 Å². The van der Waals surface area contributed by atoms with Crippen molar-refractivity contribution < 1.29 is 9.47 Å². The van der Waals surface area contributed by atoms with Gasteiger partial charge in [0.25, 0.3) is 0 Å². The van der Waals surface area contributed by atoms with E-state index in [2.05, 4.69) is 22.9 Å². The molecule has 1 unspecified atom stereocenters. The standard InChI is InChI=1S/C12H15BrO2/c1-9-7-10(4-5-12(9)13)15-8-11-3-2-6-14-11/h4-5,7,11H,2-3,6,8H2,1H3. The molecule has 1 aromatic rings. The molecule has 1 saturated heterocycles. The molecule has 2 nitrogen and oxygen atoms in total. The van der Waals surface area contributed by atoms with Crippen LogP contribution in [-0.2, 0) is 4.74 Å². The summed E-state index contributed by atoms with van der Waals surface area (Å²) in [5.41, 5.74) is 1.19. The first-order valence-corrected chi connectivity index (χ1v) is 6.05. The van der Waals surface area contributed by atoms with Crippen LogP contribution in [0.3, 0.4) is 0 Å². The van der Waals surface area contributed by atoms with E-state index in [4.69, 9.17) is 9.47 Å². The third-order valence-electron chi connectivity index (χ3n) is 2.59. The van der Waals surface area contributed by atoms with E-state index in [1.54, 1.807) is 0 Å². The van der Waals surface area contributed by atoms with E-state index in [-0.39, 0.29) is 6.10 Å². The van der Waals surface area contributed by atoms with Crippen molar-refractivity contribution in [3.63, 3.8) is 0 Å². The van der Waals surface area contributed by atoms with Gasteiger partial charge in [-0.15, -0.1) is 0 Å². The van der Waals surface area contributed by atoms with Crippen LogP contribution in [0.1, 0.15) is 18.4 Å². The highest BCUT2D eigenvalue weighted by molar-refractivity contribution is 9.10. The van der Waals surface area contributed by atoms with Gasteiger partial charge in [0.2, 0.25) is 0 Å². The fourth-order valence-electron chi connectivity index (χ4n) is 1.67. The first kappa shape index (κ1) is 11.0. The zero-order valence-electron chi connectivity index (χ0n) is 8.83. The van der Waals surface area contributed by atoms with Gasteiger partial charge in [0, 0.05) is 11.1 Å². The minimum Gasteiger partial charge on any atom is -0.491 e. The van der Waals surface area contributed by atoms with E-state index in [1.807, 2.05) is 18.2 Å². The molecular weight excluding hydrogens is 256 g/mol. The lowest BCUT2D eigenvalue weighted by Gasteiger charge is -2.12. The zero-order valence-corrected chi connectivity index (χ0v) is 10.4. The molecule has 0 bridgehead atoms. The molecule has 0 aromatic heterocycles. The minimum absolute atomic E-state index is 0.286. The van der Waals surface area contributed by atoms with Crippen molar-refractivity contribution in [3.8, 4) is 5.75 Å². The Balaban J connectivity index is 1.90. The quantitative estimate of drug-likeness (QED) is 0.839. The molecule has 1 aromatic carbocycles. The maximum Gasteiger partial charge on any atom is 0.119 e. The summed E-state index contributed by atoms with van der Waals surface area (Å²) in [7, 11) is 0. The molecular formula is C12H15BrO2. The van der Waals surface area contributed by atoms with Crippen LogP contribution in [-0.4, -0.2) is 19.3 Å². The Hall–Kier alpha value is -0.540. The van der Waals surface area contributed by atoms with Gasteiger partial charge in [-0.3, -0.25) is 0 Å². The number of ether oxygens (including phenoxy) is 2. The van der Waals surface area contributed by atoms with E-state index in [0.717, 1.165) is 29.7 Å². The third-order valence-corrected chi connectivity index (χ3v) is 3.48. The summed E-state index contributed by atoms with van der Waals surface area (Å²) in [6.07, 6.45) is 2.57. The highest BCUT2D eigenvalue weighted by atomic mass is 79.9.